The minimum Gasteiger partial charge on any atom is -0.496 e. The molecule has 4 rings (SSSR count). The fourth-order valence-corrected chi connectivity index (χ4v) is 3.80. The van der Waals surface area contributed by atoms with Crippen LogP contribution < -0.4 is 4.74 Å². The molecule has 0 bridgehead atoms. The Kier molecular flexibility index (Phi) is 5.95. The molecule has 0 spiro atoms. The first-order chi connectivity index (χ1) is 15.0. The van der Waals surface area contributed by atoms with E-state index in [0.717, 1.165) is 35.1 Å². The lowest BCUT2D eigenvalue weighted by molar-refractivity contribution is 0.397. The van der Waals surface area contributed by atoms with Crippen LogP contribution in [0.25, 0.3) is 16.8 Å². The SMILES string of the molecule is COc1ccc(F)c(F)c1CCc1ccc(-c2ccc(CN(C)C)cc2)c2nncn12. The molecule has 5 nitrogen and oxygen atoms in total. The summed E-state index contributed by atoms with van der Waals surface area (Å²) in [7, 11) is 5.53. The van der Waals surface area contributed by atoms with Gasteiger partial charge >= 0.3 is 0 Å². The molecule has 2 aromatic heterocycles. The average Bonchev–Trinajstić information content (AvgIpc) is 3.25. The molecular weight excluding hydrogens is 398 g/mol. The Morgan fingerprint density at radius 2 is 1.74 bits per heavy atom. The molecule has 0 saturated carbocycles. The first kappa shape index (κ1) is 20.9. The molecule has 7 heteroatoms. The number of benzene rings is 2. The number of halogens is 2. The zero-order valence-corrected chi connectivity index (χ0v) is 17.8. The van der Waals surface area contributed by atoms with Crippen molar-refractivity contribution in [2.45, 2.75) is 19.4 Å². The number of methoxy groups -OCH3 is 1. The van der Waals surface area contributed by atoms with Crippen molar-refractivity contribution in [2.24, 2.45) is 0 Å². The molecule has 2 heterocycles. The van der Waals surface area contributed by atoms with Crippen molar-refractivity contribution in [2.75, 3.05) is 21.2 Å². The number of rotatable bonds is 7. The third kappa shape index (κ3) is 4.27. The molecule has 0 aliphatic rings. The van der Waals surface area contributed by atoms with Gasteiger partial charge in [0, 0.05) is 23.4 Å². The largest absolute Gasteiger partial charge is 0.496 e. The number of hydrogen-bond donors (Lipinski definition) is 0. The number of hydrogen-bond acceptors (Lipinski definition) is 4. The van der Waals surface area contributed by atoms with E-state index in [1.807, 2.05) is 30.6 Å². The molecule has 0 N–H and O–H groups in total. The highest BCUT2D eigenvalue weighted by Crippen LogP contribution is 2.28. The van der Waals surface area contributed by atoms with Crippen molar-refractivity contribution >= 4 is 5.65 Å². The highest BCUT2D eigenvalue weighted by atomic mass is 19.2. The van der Waals surface area contributed by atoms with Crippen LogP contribution in [0.2, 0.25) is 0 Å². The van der Waals surface area contributed by atoms with Crippen LogP contribution in [0.3, 0.4) is 0 Å². The van der Waals surface area contributed by atoms with Crippen molar-refractivity contribution in [3.63, 3.8) is 0 Å². The fourth-order valence-electron chi connectivity index (χ4n) is 3.80. The number of aryl methyl sites for hydroxylation is 1. The maximum absolute atomic E-state index is 14.3. The van der Waals surface area contributed by atoms with Crippen LogP contribution in [0.1, 0.15) is 16.8 Å². The van der Waals surface area contributed by atoms with E-state index in [0.29, 0.717) is 18.6 Å². The number of fused-ring (bicyclic) bond motifs is 1. The Labute approximate surface area is 179 Å². The van der Waals surface area contributed by atoms with Crippen LogP contribution in [0.15, 0.2) is 54.9 Å². The van der Waals surface area contributed by atoms with Crippen molar-refractivity contribution in [3.8, 4) is 16.9 Å². The Bertz CT molecular complexity index is 1200. The van der Waals surface area contributed by atoms with E-state index in [9.17, 15) is 8.78 Å². The van der Waals surface area contributed by atoms with Gasteiger partial charge in [-0.3, -0.25) is 4.40 Å². The number of aromatic nitrogens is 3. The molecule has 0 fully saturated rings. The predicted octanol–water partition coefficient (Wildman–Crippen LogP) is 4.53. The summed E-state index contributed by atoms with van der Waals surface area (Å²) in [6.07, 6.45) is 2.42. The maximum atomic E-state index is 14.3. The Balaban J connectivity index is 1.63. The van der Waals surface area contributed by atoms with Gasteiger partial charge in [-0.15, -0.1) is 10.2 Å². The molecular formula is C24H24F2N4O. The molecule has 0 unspecified atom stereocenters. The van der Waals surface area contributed by atoms with Crippen molar-refractivity contribution in [3.05, 3.63) is 83.3 Å². The lowest BCUT2D eigenvalue weighted by Gasteiger charge is -2.13. The van der Waals surface area contributed by atoms with Gasteiger partial charge in [0.25, 0.3) is 0 Å². The van der Waals surface area contributed by atoms with E-state index in [1.165, 1.54) is 18.7 Å². The van der Waals surface area contributed by atoms with E-state index in [1.54, 1.807) is 6.33 Å². The van der Waals surface area contributed by atoms with Crippen molar-refractivity contribution in [1.82, 2.24) is 19.5 Å². The zero-order chi connectivity index (χ0) is 22.0. The molecule has 0 aliphatic heterocycles. The lowest BCUT2D eigenvalue weighted by atomic mass is 10.0. The van der Waals surface area contributed by atoms with Crippen molar-refractivity contribution < 1.29 is 13.5 Å². The van der Waals surface area contributed by atoms with E-state index >= 15 is 0 Å². The van der Waals surface area contributed by atoms with Crippen LogP contribution in [-0.4, -0.2) is 40.7 Å². The van der Waals surface area contributed by atoms with E-state index in [2.05, 4.69) is 39.4 Å². The summed E-state index contributed by atoms with van der Waals surface area (Å²) < 4.78 is 35.1. The molecule has 0 saturated heterocycles. The van der Waals surface area contributed by atoms with Crippen LogP contribution in [-0.2, 0) is 19.4 Å². The Morgan fingerprint density at radius 1 is 0.968 bits per heavy atom. The van der Waals surface area contributed by atoms with Gasteiger partial charge in [-0.2, -0.15) is 0 Å². The average molecular weight is 422 g/mol. The van der Waals surface area contributed by atoms with Crippen molar-refractivity contribution in [1.29, 1.82) is 0 Å². The van der Waals surface area contributed by atoms with Gasteiger partial charge in [-0.1, -0.05) is 24.3 Å². The van der Waals surface area contributed by atoms with Gasteiger partial charge < -0.3 is 9.64 Å². The third-order valence-electron chi connectivity index (χ3n) is 5.31. The van der Waals surface area contributed by atoms with Crippen LogP contribution >= 0.6 is 0 Å². The molecule has 160 valence electrons. The van der Waals surface area contributed by atoms with Gasteiger partial charge in [0.2, 0.25) is 0 Å². The topological polar surface area (TPSA) is 42.7 Å². The van der Waals surface area contributed by atoms with Gasteiger partial charge in [0.05, 0.1) is 7.11 Å². The summed E-state index contributed by atoms with van der Waals surface area (Å²) in [5, 5.41) is 8.37. The second-order valence-corrected chi connectivity index (χ2v) is 7.74. The lowest BCUT2D eigenvalue weighted by Crippen LogP contribution is -2.10. The molecule has 4 aromatic rings. The number of ether oxygens (including phenoxy) is 1. The summed E-state index contributed by atoms with van der Waals surface area (Å²) in [6, 6.07) is 14.9. The smallest absolute Gasteiger partial charge is 0.168 e. The minimum atomic E-state index is -0.877. The molecule has 0 aliphatic carbocycles. The maximum Gasteiger partial charge on any atom is 0.168 e. The molecule has 0 amide bonds. The summed E-state index contributed by atoms with van der Waals surface area (Å²) in [6.45, 7) is 0.875. The van der Waals surface area contributed by atoms with Crippen LogP contribution in [0, 0.1) is 11.6 Å². The summed E-state index contributed by atoms with van der Waals surface area (Å²) in [5.41, 5.74) is 5.10. The monoisotopic (exact) mass is 422 g/mol. The van der Waals surface area contributed by atoms with Gasteiger partial charge in [0.15, 0.2) is 17.3 Å². The van der Waals surface area contributed by atoms with Crippen LogP contribution in [0.5, 0.6) is 5.75 Å². The second kappa shape index (κ2) is 8.81. The van der Waals surface area contributed by atoms with Gasteiger partial charge in [-0.25, -0.2) is 8.78 Å². The Morgan fingerprint density at radius 3 is 2.45 bits per heavy atom. The molecule has 2 aromatic carbocycles. The minimum absolute atomic E-state index is 0.226. The molecule has 31 heavy (non-hydrogen) atoms. The third-order valence-corrected chi connectivity index (χ3v) is 5.31. The second-order valence-electron chi connectivity index (χ2n) is 7.74. The van der Waals surface area contributed by atoms with Gasteiger partial charge in [-0.05, 0) is 62.3 Å². The van der Waals surface area contributed by atoms with Gasteiger partial charge in [0.1, 0.15) is 12.1 Å². The first-order valence-electron chi connectivity index (χ1n) is 10.0. The van der Waals surface area contributed by atoms with E-state index in [4.69, 9.17) is 4.74 Å². The quantitative estimate of drug-likeness (QED) is 0.439. The summed E-state index contributed by atoms with van der Waals surface area (Å²) >= 11 is 0. The summed E-state index contributed by atoms with van der Waals surface area (Å²) in [4.78, 5) is 2.12. The highest BCUT2D eigenvalue weighted by Gasteiger charge is 2.16. The van der Waals surface area contributed by atoms with Crippen LogP contribution in [0.4, 0.5) is 8.78 Å². The molecule has 0 radical (unpaired) electrons. The van der Waals surface area contributed by atoms with E-state index < -0.39 is 11.6 Å². The predicted molar refractivity (Wildman–Crippen MR) is 116 cm³/mol. The van der Waals surface area contributed by atoms with E-state index in [-0.39, 0.29) is 5.56 Å². The zero-order valence-electron chi connectivity index (χ0n) is 17.8. The summed E-state index contributed by atoms with van der Waals surface area (Å²) in [5.74, 6) is -1.40. The molecule has 0 atom stereocenters. The standard InChI is InChI=1S/C24H24F2N4O/c1-29(2)14-16-4-6-17(7-5-16)19-10-8-18(30-15-27-28-24(19)30)9-11-20-22(31-3)13-12-21(25)23(20)26/h4-8,10,12-13,15H,9,11,14H2,1-3H3. The number of pyridine rings is 1. The number of nitrogens with zero attached hydrogens (tertiary/aromatic N) is 4. The first-order valence-corrected chi connectivity index (χ1v) is 10.0. The normalized spacial score (nSPS) is 11.4. The Hall–Kier alpha value is -3.32. The fraction of sp³-hybridized carbons (Fsp3) is 0.250. The highest BCUT2D eigenvalue weighted by molar-refractivity contribution is 5.77.